The molecule has 2 aromatic carbocycles. The lowest BCUT2D eigenvalue weighted by molar-refractivity contribution is 0.175. The Labute approximate surface area is 174 Å². The number of carbonyl (C=O) groups excluding carboxylic acids is 1. The molecule has 1 aliphatic rings. The van der Waals surface area contributed by atoms with Crippen LogP contribution in [0.15, 0.2) is 64.1 Å². The average molecular weight is 464 g/mol. The smallest absolute Gasteiger partial charge is 0.321 e. The van der Waals surface area contributed by atoms with Gasteiger partial charge in [0.2, 0.25) is 10.0 Å². The van der Waals surface area contributed by atoms with E-state index in [-0.39, 0.29) is 24.0 Å². The van der Waals surface area contributed by atoms with Crippen LogP contribution in [0.5, 0.6) is 0 Å². The molecule has 0 spiro atoms. The van der Waals surface area contributed by atoms with Crippen LogP contribution in [0.25, 0.3) is 6.08 Å². The second kappa shape index (κ2) is 8.89. The number of amides is 2. The zero-order valence-electron chi connectivity index (χ0n) is 15.5. The number of aryl methyl sites for hydroxylation is 1. The lowest BCUT2D eigenvalue weighted by Crippen LogP contribution is -2.52. The summed E-state index contributed by atoms with van der Waals surface area (Å²) < 4.78 is 27.8. The molecule has 1 saturated heterocycles. The Morgan fingerprint density at radius 2 is 1.68 bits per heavy atom. The summed E-state index contributed by atoms with van der Waals surface area (Å²) in [5.41, 5.74) is 1.97. The Morgan fingerprint density at radius 1 is 1.04 bits per heavy atom. The number of rotatable bonds is 4. The molecule has 0 unspecified atom stereocenters. The van der Waals surface area contributed by atoms with Gasteiger partial charge in [0.1, 0.15) is 0 Å². The number of nitrogens with zero attached hydrogens (tertiary/aromatic N) is 2. The van der Waals surface area contributed by atoms with Gasteiger partial charge in [-0.05, 0) is 36.8 Å². The van der Waals surface area contributed by atoms with Crippen LogP contribution in [0, 0.1) is 6.92 Å². The van der Waals surface area contributed by atoms with Crippen molar-refractivity contribution in [3.63, 3.8) is 0 Å². The predicted octanol–water partition coefficient (Wildman–Crippen LogP) is 3.44. The molecule has 0 atom stereocenters. The van der Waals surface area contributed by atoms with E-state index in [0.29, 0.717) is 13.1 Å². The van der Waals surface area contributed by atoms with E-state index in [0.717, 1.165) is 15.6 Å². The van der Waals surface area contributed by atoms with E-state index >= 15 is 0 Å². The third-order valence-electron chi connectivity index (χ3n) is 4.56. The van der Waals surface area contributed by atoms with Crippen molar-refractivity contribution in [3.8, 4) is 0 Å². The topological polar surface area (TPSA) is 69.7 Å². The fourth-order valence-corrected chi connectivity index (χ4v) is 4.73. The minimum absolute atomic E-state index is 0.240. The molecule has 28 heavy (non-hydrogen) atoms. The first-order chi connectivity index (χ1) is 13.4. The summed E-state index contributed by atoms with van der Waals surface area (Å²) in [4.78, 5) is 14.2. The summed E-state index contributed by atoms with van der Waals surface area (Å²) in [6.45, 7) is 3.16. The number of piperazine rings is 1. The molecule has 8 heteroatoms. The third-order valence-corrected chi connectivity index (χ3v) is 7.19. The first-order valence-electron chi connectivity index (χ1n) is 8.91. The minimum Gasteiger partial charge on any atom is -0.322 e. The number of carbonyl (C=O) groups is 1. The van der Waals surface area contributed by atoms with Crippen molar-refractivity contribution >= 4 is 38.1 Å². The molecule has 0 aromatic heterocycles. The second-order valence-electron chi connectivity index (χ2n) is 6.51. The molecule has 0 aliphatic carbocycles. The highest BCUT2D eigenvalue weighted by atomic mass is 79.9. The van der Waals surface area contributed by atoms with Gasteiger partial charge in [-0.15, -0.1) is 0 Å². The maximum atomic E-state index is 12.7. The summed E-state index contributed by atoms with van der Waals surface area (Å²) in [6.07, 6.45) is 3.40. The van der Waals surface area contributed by atoms with Gasteiger partial charge in [0.15, 0.2) is 0 Å². The molecule has 0 radical (unpaired) electrons. The number of hydrogen-bond donors (Lipinski definition) is 1. The molecule has 0 saturated carbocycles. The van der Waals surface area contributed by atoms with Crippen LogP contribution in [-0.2, 0) is 10.0 Å². The van der Waals surface area contributed by atoms with E-state index in [1.165, 1.54) is 4.31 Å². The molecule has 0 bridgehead atoms. The lowest BCUT2D eigenvalue weighted by atomic mass is 10.2. The van der Waals surface area contributed by atoms with E-state index in [2.05, 4.69) is 21.2 Å². The maximum absolute atomic E-state index is 12.7. The van der Waals surface area contributed by atoms with Crippen molar-refractivity contribution in [1.29, 1.82) is 0 Å². The van der Waals surface area contributed by atoms with E-state index < -0.39 is 10.0 Å². The molecule has 1 fully saturated rings. The van der Waals surface area contributed by atoms with Crippen LogP contribution >= 0.6 is 15.9 Å². The zero-order chi connectivity index (χ0) is 20.1. The number of urea groups is 1. The summed E-state index contributed by atoms with van der Waals surface area (Å²) in [5, 5.41) is 2.74. The molecule has 2 amide bonds. The van der Waals surface area contributed by atoms with E-state index in [1.807, 2.05) is 31.2 Å². The summed E-state index contributed by atoms with van der Waals surface area (Å²) in [7, 11) is -3.53. The van der Waals surface area contributed by atoms with Gasteiger partial charge in [-0.1, -0.05) is 51.8 Å². The number of halogens is 1. The van der Waals surface area contributed by atoms with Crippen LogP contribution in [0.1, 0.15) is 11.1 Å². The monoisotopic (exact) mass is 463 g/mol. The van der Waals surface area contributed by atoms with Gasteiger partial charge in [0, 0.05) is 36.9 Å². The molecular formula is C20H22BrN3O3S. The quantitative estimate of drug-likeness (QED) is 0.754. The molecule has 1 heterocycles. The fraction of sp³-hybridized carbons (Fsp3) is 0.250. The van der Waals surface area contributed by atoms with Gasteiger partial charge in [-0.3, -0.25) is 0 Å². The predicted molar refractivity (Wildman–Crippen MR) is 113 cm³/mol. The summed E-state index contributed by atoms with van der Waals surface area (Å²) >= 11 is 3.45. The normalized spacial score (nSPS) is 15.7. The molecule has 1 N–H and O–H groups in total. The summed E-state index contributed by atoms with van der Waals surface area (Å²) in [5.74, 6) is 0. The summed E-state index contributed by atoms with van der Waals surface area (Å²) in [6, 6.07) is 14.3. The van der Waals surface area contributed by atoms with Crippen molar-refractivity contribution in [1.82, 2.24) is 14.5 Å². The molecule has 6 nitrogen and oxygen atoms in total. The van der Waals surface area contributed by atoms with Crippen LogP contribution in [0.2, 0.25) is 0 Å². The highest BCUT2D eigenvalue weighted by Crippen LogP contribution is 2.19. The Balaban J connectivity index is 1.55. The fourth-order valence-electron chi connectivity index (χ4n) is 2.90. The van der Waals surface area contributed by atoms with Crippen LogP contribution in [0.3, 0.4) is 0 Å². The minimum atomic E-state index is -3.53. The first-order valence-corrected chi connectivity index (χ1v) is 11.1. The zero-order valence-corrected chi connectivity index (χ0v) is 17.9. The van der Waals surface area contributed by atoms with Gasteiger partial charge in [-0.25, -0.2) is 13.2 Å². The van der Waals surface area contributed by atoms with Crippen LogP contribution in [-0.4, -0.2) is 49.8 Å². The molecular weight excluding hydrogens is 442 g/mol. The largest absolute Gasteiger partial charge is 0.322 e. The standard InChI is InChI=1S/C20H22BrN3O3S/c1-16-6-8-18(9-7-16)28(26,27)24-14-12-23(13-15-24)20(25)22-11-10-17-4-2-3-5-19(17)21/h2-11H,12-15H2,1H3,(H,22,25)/b11-10+. The van der Waals surface area contributed by atoms with E-state index in [9.17, 15) is 13.2 Å². The van der Waals surface area contributed by atoms with Gasteiger partial charge >= 0.3 is 6.03 Å². The highest BCUT2D eigenvalue weighted by Gasteiger charge is 2.29. The van der Waals surface area contributed by atoms with E-state index in [1.54, 1.807) is 41.4 Å². The number of benzene rings is 2. The Kier molecular flexibility index (Phi) is 6.53. The Morgan fingerprint density at radius 3 is 2.32 bits per heavy atom. The third kappa shape index (κ3) is 4.81. The van der Waals surface area contributed by atoms with E-state index in [4.69, 9.17) is 0 Å². The highest BCUT2D eigenvalue weighted by molar-refractivity contribution is 9.10. The Hall–Kier alpha value is -2.16. The van der Waals surface area contributed by atoms with Crippen LogP contribution in [0.4, 0.5) is 4.79 Å². The van der Waals surface area contributed by atoms with Gasteiger partial charge in [0.05, 0.1) is 4.90 Å². The van der Waals surface area contributed by atoms with Gasteiger partial charge in [-0.2, -0.15) is 4.31 Å². The molecule has 148 valence electrons. The number of nitrogens with one attached hydrogen (secondary N) is 1. The maximum Gasteiger partial charge on any atom is 0.321 e. The number of hydrogen-bond acceptors (Lipinski definition) is 3. The van der Waals surface area contributed by atoms with Crippen molar-refractivity contribution in [2.45, 2.75) is 11.8 Å². The average Bonchev–Trinajstić information content (AvgIpc) is 2.70. The lowest BCUT2D eigenvalue weighted by Gasteiger charge is -2.33. The second-order valence-corrected chi connectivity index (χ2v) is 9.30. The SMILES string of the molecule is Cc1ccc(S(=O)(=O)N2CCN(C(=O)N/C=C/c3ccccc3Br)CC2)cc1. The number of sulfonamides is 1. The molecule has 2 aromatic rings. The van der Waals surface area contributed by atoms with Crippen molar-refractivity contribution in [2.24, 2.45) is 0 Å². The van der Waals surface area contributed by atoms with Crippen molar-refractivity contribution < 1.29 is 13.2 Å². The first kappa shape index (κ1) is 20.6. The van der Waals surface area contributed by atoms with Gasteiger partial charge < -0.3 is 10.2 Å². The molecule has 3 rings (SSSR count). The van der Waals surface area contributed by atoms with Crippen molar-refractivity contribution in [3.05, 3.63) is 70.3 Å². The van der Waals surface area contributed by atoms with Crippen molar-refractivity contribution in [2.75, 3.05) is 26.2 Å². The Bertz CT molecular complexity index is 966. The van der Waals surface area contributed by atoms with Crippen LogP contribution < -0.4 is 5.32 Å². The van der Waals surface area contributed by atoms with Gasteiger partial charge in [0.25, 0.3) is 0 Å². The molecule has 1 aliphatic heterocycles.